The summed E-state index contributed by atoms with van der Waals surface area (Å²) in [5.74, 6) is -0.346. The van der Waals surface area contributed by atoms with Crippen molar-refractivity contribution in [1.82, 2.24) is 0 Å². The summed E-state index contributed by atoms with van der Waals surface area (Å²) in [5, 5.41) is 0. The molecule has 0 saturated heterocycles. The first-order valence-electron chi connectivity index (χ1n) is 5.71. The Morgan fingerprint density at radius 3 is 1.61 bits per heavy atom. The van der Waals surface area contributed by atoms with E-state index in [1.54, 1.807) is 0 Å². The zero-order valence-electron chi connectivity index (χ0n) is 10.6. The minimum absolute atomic E-state index is 0. The standard InChI is InChI=1S/C10H19F3O3S.Na/c11-10(12,13)8-6-4-2-1-3-5-7-9-17(14,15)16;/h1-9H2,(H,14,15,16);/q;+1/p-1. The van der Waals surface area contributed by atoms with Gasteiger partial charge in [-0.25, -0.2) is 8.42 Å². The van der Waals surface area contributed by atoms with E-state index in [0.29, 0.717) is 19.3 Å². The third-order valence-electron chi connectivity index (χ3n) is 2.35. The number of rotatable bonds is 9. The molecule has 0 spiro atoms. The molecule has 0 rings (SSSR count). The van der Waals surface area contributed by atoms with Crippen molar-refractivity contribution in [2.45, 2.75) is 57.5 Å². The summed E-state index contributed by atoms with van der Waals surface area (Å²) < 4.78 is 66.0. The number of unbranched alkanes of at least 4 members (excludes halogenated alkanes) is 6. The van der Waals surface area contributed by atoms with Gasteiger partial charge in [-0.2, -0.15) is 13.2 Å². The maximum atomic E-state index is 11.8. The number of hydrogen-bond acceptors (Lipinski definition) is 3. The fraction of sp³-hybridized carbons (Fsp3) is 1.00. The Kier molecular flexibility index (Phi) is 12.2. The molecule has 0 amide bonds. The summed E-state index contributed by atoms with van der Waals surface area (Å²) in [4.78, 5) is 0. The molecule has 0 unspecified atom stereocenters. The monoisotopic (exact) mass is 298 g/mol. The second kappa shape index (κ2) is 10.5. The van der Waals surface area contributed by atoms with Gasteiger partial charge < -0.3 is 4.55 Å². The van der Waals surface area contributed by atoms with Gasteiger partial charge in [-0.05, 0) is 12.8 Å². The summed E-state index contributed by atoms with van der Waals surface area (Å²) >= 11 is 0. The van der Waals surface area contributed by atoms with Gasteiger partial charge in [0.15, 0.2) is 0 Å². The van der Waals surface area contributed by atoms with E-state index in [0.717, 1.165) is 19.3 Å². The molecule has 0 aliphatic carbocycles. The van der Waals surface area contributed by atoms with Crippen LogP contribution in [-0.4, -0.2) is 24.9 Å². The largest absolute Gasteiger partial charge is 1.00 e. The summed E-state index contributed by atoms with van der Waals surface area (Å²) in [7, 11) is -4.12. The van der Waals surface area contributed by atoms with Gasteiger partial charge in [-0.15, -0.1) is 0 Å². The predicted octanol–water partition coefficient (Wildman–Crippen LogP) is 0.219. The van der Waals surface area contributed by atoms with E-state index < -0.39 is 22.7 Å². The first-order chi connectivity index (χ1) is 7.71. The van der Waals surface area contributed by atoms with Crippen molar-refractivity contribution in [3.8, 4) is 0 Å². The fourth-order valence-electron chi connectivity index (χ4n) is 1.49. The van der Waals surface area contributed by atoms with E-state index in [4.69, 9.17) is 0 Å². The van der Waals surface area contributed by atoms with E-state index in [9.17, 15) is 26.1 Å². The van der Waals surface area contributed by atoms with Crippen LogP contribution in [0.2, 0.25) is 0 Å². The van der Waals surface area contributed by atoms with Crippen LogP contribution in [-0.2, 0) is 10.1 Å². The molecule has 0 fully saturated rings. The van der Waals surface area contributed by atoms with Crippen LogP contribution in [0.25, 0.3) is 0 Å². The number of hydrogen-bond donors (Lipinski definition) is 0. The summed E-state index contributed by atoms with van der Waals surface area (Å²) in [6.07, 6.45) is -0.852. The van der Waals surface area contributed by atoms with Crippen molar-refractivity contribution < 1.29 is 55.7 Å². The van der Waals surface area contributed by atoms with E-state index in [2.05, 4.69) is 0 Å². The van der Waals surface area contributed by atoms with Gasteiger partial charge in [0.25, 0.3) is 0 Å². The molecular formula is C10H18F3NaO3S. The van der Waals surface area contributed by atoms with Crippen molar-refractivity contribution in [1.29, 1.82) is 0 Å². The maximum absolute atomic E-state index is 11.8. The van der Waals surface area contributed by atoms with E-state index in [-0.39, 0.29) is 41.7 Å². The van der Waals surface area contributed by atoms with Crippen LogP contribution in [0.1, 0.15) is 51.4 Å². The third-order valence-corrected chi connectivity index (χ3v) is 3.14. The molecule has 0 aromatic carbocycles. The normalized spacial score (nSPS) is 12.2. The van der Waals surface area contributed by atoms with Crippen molar-refractivity contribution in [3.63, 3.8) is 0 Å². The summed E-state index contributed by atoms with van der Waals surface area (Å²) in [5.41, 5.74) is 0. The van der Waals surface area contributed by atoms with Crippen molar-refractivity contribution in [2.75, 3.05) is 5.75 Å². The van der Waals surface area contributed by atoms with Crippen LogP contribution in [0.4, 0.5) is 13.2 Å². The second-order valence-corrected chi connectivity index (χ2v) is 5.63. The molecule has 0 saturated carbocycles. The van der Waals surface area contributed by atoms with Crippen LogP contribution in [0.5, 0.6) is 0 Å². The van der Waals surface area contributed by atoms with E-state index >= 15 is 0 Å². The third kappa shape index (κ3) is 19.0. The Balaban J connectivity index is 0. The van der Waals surface area contributed by atoms with Crippen molar-refractivity contribution in [2.24, 2.45) is 0 Å². The predicted molar refractivity (Wildman–Crippen MR) is 57.6 cm³/mol. The molecule has 0 aromatic rings. The quantitative estimate of drug-likeness (QED) is 0.347. The molecule has 0 bridgehead atoms. The zero-order chi connectivity index (χ0) is 13.4. The average Bonchev–Trinajstić information content (AvgIpc) is 2.11. The minimum Gasteiger partial charge on any atom is -0.748 e. The Morgan fingerprint density at radius 1 is 0.833 bits per heavy atom. The number of alkyl halides is 3. The van der Waals surface area contributed by atoms with Gasteiger partial charge in [0.2, 0.25) is 0 Å². The molecule has 0 radical (unpaired) electrons. The molecule has 0 N–H and O–H groups in total. The van der Waals surface area contributed by atoms with Gasteiger partial charge in [-0.3, -0.25) is 0 Å². The Labute approximate surface area is 129 Å². The molecule has 0 heterocycles. The van der Waals surface area contributed by atoms with Crippen molar-refractivity contribution in [3.05, 3.63) is 0 Å². The molecule has 0 aliphatic heterocycles. The molecule has 104 valence electrons. The Bertz CT molecular complexity index is 291. The van der Waals surface area contributed by atoms with Crippen LogP contribution in [0.15, 0.2) is 0 Å². The molecule has 0 aliphatic rings. The first kappa shape index (κ1) is 21.0. The molecule has 18 heavy (non-hydrogen) atoms. The smallest absolute Gasteiger partial charge is 0.748 e. The van der Waals surface area contributed by atoms with Gasteiger partial charge in [0.05, 0.1) is 10.1 Å². The molecule has 0 atom stereocenters. The van der Waals surface area contributed by atoms with Crippen LogP contribution in [0.3, 0.4) is 0 Å². The van der Waals surface area contributed by atoms with Crippen LogP contribution >= 0.6 is 0 Å². The van der Waals surface area contributed by atoms with Crippen molar-refractivity contribution >= 4 is 10.1 Å². The summed E-state index contributed by atoms with van der Waals surface area (Å²) in [6, 6.07) is 0. The minimum atomic E-state index is -4.12. The van der Waals surface area contributed by atoms with E-state index in [1.165, 1.54) is 0 Å². The average molecular weight is 298 g/mol. The first-order valence-corrected chi connectivity index (χ1v) is 7.29. The topological polar surface area (TPSA) is 57.2 Å². The molecule has 8 heteroatoms. The number of halogens is 3. The summed E-state index contributed by atoms with van der Waals surface area (Å²) in [6.45, 7) is 0. The van der Waals surface area contributed by atoms with E-state index in [1.807, 2.05) is 0 Å². The zero-order valence-corrected chi connectivity index (χ0v) is 13.4. The second-order valence-electron chi connectivity index (χ2n) is 4.10. The molecular weight excluding hydrogens is 280 g/mol. The SMILES string of the molecule is O=S(=O)([O-])CCCCCCCCCC(F)(F)F.[Na+]. The maximum Gasteiger partial charge on any atom is 1.00 e. The molecule has 3 nitrogen and oxygen atoms in total. The molecule has 0 aromatic heterocycles. The van der Waals surface area contributed by atoms with Gasteiger partial charge in [0.1, 0.15) is 0 Å². The van der Waals surface area contributed by atoms with Gasteiger partial charge in [0, 0.05) is 12.2 Å². The fourth-order valence-corrected chi connectivity index (χ4v) is 2.05. The van der Waals surface area contributed by atoms with Gasteiger partial charge >= 0.3 is 35.7 Å². The van der Waals surface area contributed by atoms with Gasteiger partial charge in [-0.1, -0.05) is 32.1 Å². The Morgan fingerprint density at radius 2 is 1.22 bits per heavy atom. The van der Waals surface area contributed by atoms with Crippen LogP contribution < -0.4 is 29.6 Å². The van der Waals surface area contributed by atoms with Crippen LogP contribution in [0, 0.1) is 0 Å². The Hall–Kier alpha value is 0.700.